The third-order valence-corrected chi connectivity index (χ3v) is 4.12. The van der Waals surface area contributed by atoms with Crippen molar-refractivity contribution in [1.82, 2.24) is 0 Å². The van der Waals surface area contributed by atoms with Crippen LogP contribution in [0.1, 0.15) is 46.1 Å². The second kappa shape index (κ2) is 11.6. The first-order valence-corrected chi connectivity index (χ1v) is 9.35. The number of rotatable bonds is 12. The zero-order chi connectivity index (χ0) is 19.5. The van der Waals surface area contributed by atoms with E-state index in [1.165, 1.54) is 7.11 Å². The molecule has 0 spiro atoms. The van der Waals surface area contributed by atoms with Gasteiger partial charge < -0.3 is 24.7 Å². The maximum atomic E-state index is 11.5. The fraction of sp³-hybridized carbons (Fsp3) is 0.650. The van der Waals surface area contributed by atoms with Crippen molar-refractivity contribution < 1.29 is 23.7 Å². The summed E-state index contributed by atoms with van der Waals surface area (Å²) in [4.78, 5) is 11.5. The Labute approximate surface area is 156 Å². The predicted octanol–water partition coefficient (Wildman–Crippen LogP) is 3.34. The van der Waals surface area contributed by atoms with Crippen LogP contribution in [0.25, 0.3) is 0 Å². The lowest BCUT2D eigenvalue weighted by molar-refractivity contribution is -0.142. The van der Waals surface area contributed by atoms with Gasteiger partial charge in [-0.3, -0.25) is 4.79 Å². The number of benzene rings is 1. The molecule has 0 saturated heterocycles. The minimum Gasteiger partial charge on any atom is -0.493 e. The summed E-state index contributed by atoms with van der Waals surface area (Å²) in [7, 11) is 1.36. The predicted molar refractivity (Wildman–Crippen MR) is 102 cm³/mol. The average molecular weight is 367 g/mol. The molecule has 2 atom stereocenters. The normalized spacial score (nSPS) is 13.0. The molecule has 0 radical (unpaired) electrons. The van der Waals surface area contributed by atoms with E-state index in [2.05, 4.69) is 6.92 Å². The van der Waals surface area contributed by atoms with Gasteiger partial charge in [0.15, 0.2) is 11.5 Å². The zero-order valence-electron chi connectivity index (χ0n) is 16.7. The molecule has 1 aromatic rings. The van der Waals surface area contributed by atoms with Gasteiger partial charge in [0.2, 0.25) is 0 Å². The van der Waals surface area contributed by atoms with Crippen molar-refractivity contribution in [3.63, 3.8) is 0 Å². The van der Waals surface area contributed by atoms with Crippen LogP contribution in [-0.4, -0.2) is 38.9 Å². The fourth-order valence-corrected chi connectivity index (χ4v) is 2.88. The van der Waals surface area contributed by atoms with Crippen molar-refractivity contribution in [3.05, 3.63) is 17.7 Å². The summed E-state index contributed by atoms with van der Waals surface area (Å²) in [5.41, 5.74) is 6.87. The lowest BCUT2D eigenvalue weighted by atomic mass is 9.94. The Bertz CT molecular complexity index is 561. The van der Waals surface area contributed by atoms with E-state index in [0.29, 0.717) is 26.2 Å². The Morgan fingerprint density at radius 2 is 1.62 bits per heavy atom. The smallest absolute Gasteiger partial charge is 0.322 e. The van der Waals surface area contributed by atoms with Crippen molar-refractivity contribution >= 4 is 5.97 Å². The summed E-state index contributed by atoms with van der Waals surface area (Å²) >= 11 is 0. The second-order valence-electron chi connectivity index (χ2n) is 6.18. The van der Waals surface area contributed by atoms with Crippen LogP contribution in [0.4, 0.5) is 0 Å². The van der Waals surface area contributed by atoms with Gasteiger partial charge in [-0.15, -0.1) is 0 Å². The Morgan fingerprint density at radius 3 is 2.19 bits per heavy atom. The Hall–Kier alpha value is -1.95. The van der Waals surface area contributed by atoms with E-state index in [4.69, 9.17) is 24.7 Å². The number of nitrogens with two attached hydrogens (primary N) is 1. The molecule has 0 aliphatic heterocycles. The highest BCUT2D eigenvalue weighted by Crippen LogP contribution is 2.39. The summed E-state index contributed by atoms with van der Waals surface area (Å²) in [6.07, 6.45) is 2.17. The van der Waals surface area contributed by atoms with Gasteiger partial charge in [-0.1, -0.05) is 6.92 Å². The van der Waals surface area contributed by atoms with Gasteiger partial charge in [0, 0.05) is 5.56 Å². The first-order valence-electron chi connectivity index (χ1n) is 9.35. The highest BCUT2D eigenvalue weighted by atomic mass is 16.5. The van der Waals surface area contributed by atoms with Crippen molar-refractivity contribution in [3.8, 4) is 17.2 Å². The van der Waals surface area contributed by atoms with Gasteiger partial charge in [-0.05, 0) is 58.1 Å². The van der Waals surface area contributed by atoms with Gasteiger partial charge in [0.25, 0.3) is 0 Å². The van der Waals surface area contributed by atoms with Crippen molar-refractivity contribution in [2.75, 3.05) is 26.9 Å². The maximum absolute atomic E-state index is 11.5. The SMILES string of the molecule is CCOc1ccc(OCC)c(OCC)c1CCC(C)CC(N)C(=O)OC. The first-order chi connectivity index (χ1) is 12.5. The molecule has 26 heavy (non-hydrogen) atoms. The molecule has 1 aromatic carbocycles. The van der Waals surface area contributed by atoms with Crippen LogP contribution < -0.4 is 19.9 Å². The molecule has 2 N–H and O–H groups in total. The van der Waals surface area contributed by atoms with E-state index in [1.807, 2.05) is 32.9 Å². The molecule has 0 aromatic heterocycles. The Kier molecular flexibility index (Phi) is 9.88. The number of ether oxygens (including phenoxy) is 4. The van der Waals surface area contributed by atoms with Crippen LogP contribution in [-0.2, 0) is 16.0 Å². The lowest BCUT2D eigenvalue weighted by Gasteiger charge is -2.20. The number of carbonyl (C=O) groups excluding carboxylic acids is 1. The number of methoxy groups -OCH3 is 1. The molecule has 6 heteroatoms. The summed E-state index contributed by atoms with van der Waals surface area (Å²) in [6, 6.07) is 3.22. The molecular formula is C20H33NO5. The second-order valence-corrected chi connectivity index (χ2v) is 6.18. The van der Waals surface area contributed by atoms with Gasteiger partial charge in [-0.25, -0.2) is 0 Å². The number of hydrogen-bond donors (Lipinski definition) is 1. The van der Waals surface area contributed by atoms with E-state index >= 15 is 0 Å². The van der Waals surface area contributed by atoms with Crippen LogP contribution in [0.3, 0.4) is 0 Å². The summed E-state index contributed by atoms with van der Waals surface area (Å²) in [5, 5.41) is 0. The minimum absolute atomic E-state index is 0.254. The topological polar surface area (TPSA) is 80.0 Å². The summed E-state index contributed by atoms with van der Waals surface area (Å²) in [5.74, 6) is 2.16. The van der Waals surface area contributed by atoms with E-state index in [9.17, 15) is 4.79 Å². The monoisotopic (exact) mass is 367 g/mol. The van der Waals surface area contributed by atoms with E-state index in [0.717, 1.165) is 35.7 Å². The molecular weight excluding hydrogens is 334 g/mol. The van der Waals surface area contributed by atoms with Crippen LogP contribution in [0, 0.1) is 5.92 Å². The lowest BCUT2D eigenvalue weighted by Crippen LogP contribution is -2.33. The largest absolute Gasteiger partial charge is 0.493 e. The first kappa shape index (κ1) is 22.1. The molecule has 0 amide bonds. The molecule has 2 unspecified atom stereocenters. The van der Waals surface area contributed by atoms with E-state index in [-0.39, 0.29) is 11.9 Å². The van der Waals surface area contributed by atoms with Gasteiger partial charge in [0.05, 0.1) is 26.9 Å². The summed E-state index contributed by atoms with van der Waals surface area (Å²) < 4.78 is 22.1. The highest BCUT2D eigenvalue weighted by Gasteiger charge is 2.20. The molecule has 1 rings (SSSR count). The van der Waals surface area contributed by atoms with Crippen LogP contribution in [0.5, 0.6) is 17.2 Å². The quantitative estimate of drug-likeness (QED) is 0.571. The summed E-state index contributed by atoms with van der Waals surface area (Å²) in [6.45, 7) is 9.63. The Morgan fingerprint density at radius 1 is 1.04 bits per heavy atom. The molecule has 0 aliphatic carbocycles. The minimum atomic E-state index is -0.595. The number of esters is 1. The van der Waals surface area contributed by atoms with Crippen molar-refractivity contribution in [1.29, 1.82) is 0 Å². The molecule has 0 bridgehead atoms. The molecule has 0 heterocycles. The Balaban J connectivity index is 2.96. The molecule has 0 saturated carbocycles. The third-order valence-electron chi connectivity index (χ3n) is 4.12. The van der Waals surface area contributed by atoms with Crippen LogP contribution >= 0.6 is 0 Å². The third kappa shape index (κ3) is 6.41. The van der Waals surface area contributed by atoms with Crippen LogP contribution in [0.2, 0.25) is 0 Å². The van der Waals surface area contributed by atoms with Gasteiger partial charge in [-0.2, -0.15) is 0 Å². The number of carbonyl (C=O) groups is 1. The van der Waals surface area contributed by atoms with Crippen molar-refractivity contribution in [2.24, 2.45) is 11.7 Å². The molecule has 148 valence electrons. The molecule has 0 aliphatic rings. The van der Waals surface area contributed by atoms with Gasteiger partial charge >= 0.3 is 5.97 Å². The zero-order valence-corrected chi connectivity index (χ0v) is 16.7. The van der Waals surface area contributed by atoms with E-state index < -0.39 is 6.04 Å². The average Bonchev–Trinajstić information content (AvgIpc) is 2.62. The highest BCUT2D eigenvalue weighted by molar-refractivity contribution is 5.75. The molecule has 6 nitrogen and oxygen atoms in total. The van der Waals surface area contributed by atoms with E-state index in [1.54, 1.807) is 0 Å². The fourth-order valence-electron chi connectivity index (χ4n) is 2.88. The standard InChI is InChI=1S/C20H33NO5/c1-6-24-17-11-12-18(25-7-2)19(26-8-3)15(17)10-9-14(4)13-16(21)20(22)23-5/h11-12,14,16H,6-10,13,21H2,1-5H3. The van der Waals surface area contributed by atoms with Gasteiger partial charge in [0.1, 0.15) is 11.8 Å². The maximum Gasteiger partial charge on any atom is 0.322 e. The van der Waals surface area contributed by atoms with Crippen molar-refractivity contribution in [2.45, 2.75) is 53.0 Å². The number of hydrogen-bond acceptors (Lipinski definition) is 6. The van der Waals surface area contributed by atoms with Crippen LogP contribution in [0.15, 0.2) is 12.1 Å². The molecule has 0 fully saturated rings.